The Bertz CT molecular complexity index is 404. The Morgan fingerprint density at radius 3 is 2.32 bits per heavy atom. The molecule has 0 bridgehead atoms. The van der Waals surface area contributed by atoms with E-state index in [9.17, 15) is 4.39 Å². The number of rotatable bonds is 4. The van der Waals surface area contributed by atoms with Gasteiger partial charge in [0.15, 0.2) is 5.96 Å². The van der Waals surface area contributed by atoms with Crippen LogP contribution in [0, 0.1) is 11.2 Å². The molecule has 2 N–H and O–H groups in total. The van der Waals surface area contributed by atoms with Crippen molar-refractivity contribution >= 4 is 5.96 Å². The number of guanidine groups is 1. The minimum atomic E-state index is -0.212. The van der Waals surface area contributed by atoms with Crippen molar-refractivity contribution in [3.05, 3.63) is 35.6 Å². The van der Waals surface area contributed by atoms with Gasteiger partial charge in [-0.25, -0.2) is 4.39 Å². The van der Waals surface area contributed by atoms with E-state index in [1.165, 1.54) is 12.1 Å². The van der Waals surface area contributed by atoms with Crippen molar-refractivity contribution < 1.29 is 4.39 Å². The fraction of sp³-hybridized carbons (Fsp3) is 0.533. The maximum atomic E-state index is 12.8. The van der Waals surface area contributed by atoms with Gasteiger partial charge in [0.2, 0.25) is 0 Å². The molecule has 0 heterocycles. The van der Waals surface area contributed by atoms with Crippen molar-refractivity contribution in [1.29, 1.82) is 0 Å². The van der Waals surface area contributed by atoms with Gasteiger partial charge in [-0.1, -0.05) is 32.9 Å². The molecule has 0 saturated carbocycles. The lowest BCUT2D eigenvalue weighted by Crippen LogP contribution is -2.38. The minimum Gasteiger partial charge on any atom is -0.356 e. The van der Waals surface area contributed by atoms with Crippen LogP contribution in [-0.4, -0.2) is 19.6 Å². The van der Waals surface area contributed by atoms with E-state index in [0.717, 1.165) is 24.5 Å². The maximum absolute atomic E-state index is 12.8. The lowest BCUT2D eigenvalue weighted by Gasteiger charge is -2.19. The zero-order valence-electron chi connectivity index (χ0n) is 12.3. The number of aliphatic imine (C=N–C) groups is 1. The Kier molecular flexibility index (Phi) is 5.80. The van der Waals surface area contributed by atoms with Crippen LogP contribution in [0.1, 0.15) is 32.8 Å². The molecule has 3 nitrogen and oxygen atoms in total. The van der Waals surface area contributed by atoms with Crippen LogP contribution < -0.4 is 10.6 Å². The van der Waals surface area contributed by atoms with Crippen molar-refractivity contribution in [3.8, 4) is 0 Å². The van der Waals surface area contributed by atoms with Crippen LogP contribution in [0.3, 0.4) is 0 Å². The van der Waals surface area contributed by atoms with Gasteiger partial charge in [-0.2, -0.15) is 0 Å². The van der Waals surface area contributed by atoms with Gasteiger partial charge in [-0.15, -0.1) is 0 Å². The van der Waals surface area contributed by atoms with Crippen LogP contribution in [0.15, 0.2) is 29.3 Å². The maximum Gasteiger partial charge on any atom is 0.191 e. The number of hydrogen-bond acceptors (Lipinski definition) is 1. The van der Waals surface area contributed by atoms with Crippen LogP contribution in [0.4, 0.5) is 4.39 Å². The first-order valence-electron chi connectivity index (χ1n) is 6.60. The lowest BCUT2D eigenvalue weighted by atomic mass is 9.92. The molecule has 0 spiro atoms. The highest BCUT2D eigenvalue weighted by molar-refractivity contribution is 5.79. The van der Waals surface area contributed by atoms with Crippen molar-refractivity contribution in [3.63, 3.8) is 0 Å². The summed E-state index contributed by atoms with van der Waals surface area (Å²) in [7, 11) is 1.75. The minimum absolute atomic E-state index is 0.212. The molecule has 106 valence electrons. The van der Waals surface area contributed by atoms with Gasteiger partial charge in [0.25, 0.3) is 0 Å². The molecule has 0 aliphatic heterocycles. The molecule has 19 heavy (non-hydrogen) atoms. The quantitative estimate of drug-likeness (QED) is 0.648. The van der Waals surface area contributed by atoms with Crippen LogP contribution in [-0.2, 0) is 6.54 Å². The van der Waals surface area contributed by atoms with E-state index in [4.69, 9.17) is 0 Å². The zero-order chi connectivity index (χ0) is 14.3. The van der Waals surface area contributed by atoms with Gasteiger partial charge < -0.3 is 10.6 Å². The molecule has 1 aromatic rings. The second-order valence-electron chi connectivity index (χ2n) is 5.79. The van der Waals surface area contributed by atoms with E-state index in [0.29, 0.717) is 12.0 Å². The predicted molar refractivity (Wildman–Crippen MR) is 78.7 cm³/mol. The first kappa shape index (κ1) is 15.5. The van der Waals surface area contributed by atoms with Crippen molar-refractivity contribution in [1.82, 2.24) is 10.6 Å². The molecule has 0 amide bonds. The number of nitrogens with zero attached hydrogens (tertiary/aromatic N) is 1. The van der Waals surface area contributed by atoms with Crippen LogP contribution in [0.5, 0.6) is 0 Å². The molecule has 0 radical (unpaired) electrons. The first-order valence-corrected chi connectivity index (χ1v) is 6.60. The zero-order valence-corrected chi connectivity index (χ0v) is 12.3. The molecular weight excluding hydrogens is 241 g/mol. The summed E-state index contributed by atoms with van der Waals surface area (Å²) < 4.78 is 12.8. The van der Waals surface area contributed by atoms with Crippen molar-refractivity contribution in [2.24, 2.45) is 10.4 Å². The third-order valence-corrected chi connectivity index (χ3v) is 2.76. The fourth-order valence-electron chi connectivity index (χ4n) is 1.56. The summed E-state index contributed by atoms with van der Waals surface area (Å²) in [4.78, 5) is 4.16. The van der Waals surface area contributed by atoms with E-state index >= 15 is 0 Å². The van der Waals surface area contributed by atoms with E-state index < -0.39 is 0 Å². The SMILES string of the molecule is CN=C(NCCC(C)(C)C)NCc1ccc(F)cc1. The second kappa shape index (κ2) is 7.12. The molecule has 0 aromatic heterocycles. The highest BCUT2D eigenvalue weighted by Crippen LogP contribution is 2.16. The van der Waals surface area contributed by atoms with E-state index in [1.54, 1.807) is 19.2 Å². The standard InChI is InChI=1S/C15H24FN3/c1-15(2,3)9-10-18-14(17-4)19-11-12-5-7-13(16)8-6-12/h5-8H,9-11H2,1-4H3,(H2,17,18,19). The third kappa shape index (κ3) is 6.79. The summed E-state index contributed by atoms with van der Waals surface area (Å²) >= 11 is 0. The Hall–Kier alpha value is -1.58. The van der Waals surface area contributed by atoms with Crippen LogP contribution in [0.2, 0.25) is 0 Å². The Morgan fingerprint density at radius 2 is 1.79 bits per heavy atom. The van der Waals surface area contributed by atoms with Gasteiger partial charge in [-0.3, -0.25) is 4.99 Å². The molecule has 0 aliphatic carbocycles. The number of hydrogen-bond donors (Lipinski definition) is 2. The molecule has 0 atom stereocenters. The normalized spacial score (nSPS) is 12.4. The topological polar surface area (TPSA) is 36.4 Å². The first-order chi connectivity index (χ1) is 8.90. The van der Waals surface area contributed by atoms with E-state index in [1.807, 2.05) is 0 Å². The summed E-state index contributed by atoms with van der Waals surface area (Å²) in [5.74, 6) is 0.560. The number of benzene rings is 1. The van der Waals surface area contributed by atoms with Gasteiger partial charge in [0.05, 0.1) is 0 Å². The summed E-state index contributed by atoms with van der Waals surface area (Å²) in [5.41, 5.74) is 1.34. The van der Waals surface area contributed by atoms with Crippen molar-refractivity contribution in [2.75, 3.05) is 13.6 Å². The molecule has 4 heteroatoms. The molecular formula is C15H24FN3. The molecule has 0 saturated heterocycles. The number of halogens is 1. The smallest absolute Gasteiger partial charge is 0.191 e. The van der Waals surface area contributed by atoms with Crippen LogP contribution >= 0.6 is 0 Å². The van der Waals surface area contributed by atoms with E-state index in [-0.39, 0.29) is 5.82 Å². The lowest BCUT2D eigenvalue weighted by molar-refractivity contribution is 0.377. The molecule has 0 fully saturated rings. The average Bonchev–Trinajstić information content (AvgIpc) is 2.34. The largest absolute Gasteiger partial charge is 0.356 e. The Morgan fingerprint density at radius 1 is 1.16 bits per heavy atom. The average molecular weight is 265 g/mol. The Labute approximate surface area is 115 Å². The summed E-state index contributed by atoms with van der Waals surface area (Å²) in [5, 5.41) is 6.48. The number of nitrogens with one attached hydrogen (secondary N) is 2. The van der Waals surface area contributed by atoms with Crippen LogP contribution in [0.25, 0.3) is 0 Å². The molecule has 1 aromatic carbocycles. The summed E-state index contributed by atoms with van der Waals surface area (Å²) in [6.07, 6.45) is 1.07. The highest BCUT2D eigenvalue weighted by atomic mass is 19.1. The molecule has 0 aliphatic rings. The fourth-order valence-corrected chi connectivity index (χ4v) is 1.56. The van der Waals surface area contributed by atoms with Gasteiger partial charge in [0.1, 0.15) is 5.82 Å². The summed E-state index contributed by atoms with van der Waals surface area (Å²) in [6, 6.07) is 6.47. The Balaban J connectivity index is 2.35. The van der Waals surface area contributed by atoms with Gasteiger partial charge in [-0.05, 0) is 29.5 Å². The highest BCUT2D eigenvalue weighted by Gasteiger charge is 2.09. The monoisotopic (exact) mass is 265 g/mol. The molecule has 0 unspecified atom stereocenters. The van der Waals surface area contributed by atoms with Gasteiger partial charge >= 0.3 is 0 Å². The predicted octanol–water partition coefficient (Wildman–Crippen LogP) is 2.93. The van der Waals surface area contributed by atoms with E-state index in [2.05, 4.69) is 36.4 Å². The van der Waals surface area contributed by atoms with Crippen molar-refractivity contribution in [2.45, 2.75) is 33.7 Å². The summed E-state index contributed by atoms with van der Waals surface area (Å²) in [6.45, 7) is 8.15. The van der Waals surface area contributed by atoms with Gasteiger partial charge in [0, 0.05) is 20.1 Å². The second-order valence-corrected chi connectivity index (χ2v) is 5.79. The third-order valence-electron chi connectivity index (χ3n) is 2.76. The molecule has 1 rings (SSSR count).